The Kier molecular flexibility index (Phi) is 4.90. The van der Waals surface area contributed by atoms with E-state index < -0.39 is 11.7 Å². The van der Waals surface area contributed by atoms with Crippen LogP contribution in [-0.4, -0.2) is 18.8 Å². The van der Waals surface area contributed by atoms with E-state index >= 15 is 0 Å². The van der Waals surface area contributed by atoms with E-state index in [2.05, 4.69) is 5.32 Å². The second-order valence-electron chi connectivity index (χ2n) is 4.15. The van der Waals surface area contributed by atoms with Crippen molar-refractivity contribution in [2.75, 3.05) is 11.9 Å². The zero-order valence-electron chi connectivity index (χ0n) is 10.8. The van der Waals surface area contributed by atoms with Gasteiger partial charge in [-0.3, -0.25) is 9.59 Å². The predicted octanol–water partition coefficient (Wildman–Crippen LogP) is 3.31. The molecular weight excluding hydrogens is 297 g/mol. The third-order valence-corrected chi connectivity index (χ3v) is 2.85. The first-order valence-corrected chi connectivity index (χ1v) is 6.39. The lowest BCUT2D eigenvalue weighted by Crippen LogP contribution is -2.20. The molecule has 0 aliphatic rings. The van der Waals surface area contributed by atoms with E-state index in [9.17, 15) is 14.0 Å². The molecule has 0 heterocycles. The first-order chi connectivity index (χ1) is 10.1. The number of halogens is 2. The molecule has 21 heavy (non-hydrogen) atoms. The second kappa shape index (κ2) is 6.85. The van der Waals surface area contributed by atoms with Gasteiger partial charge in [0.1, 0.15) is 17.9 Å². The van der Waals surface area contributed by atoms with Gasteiger partial charge in [-0.15, -0.1) is 0 Å². The summed E-state index contributed by atoms with van der Waals surface area (Å²) in [4.78, 5) is 22.2. The van der Waals surface area contributed by atoms with Crippen molar-refractivity contribution in [3.8, 4) is 5.75 Å². The lowest BCUT2D eigenvalue weighted by Gasteiger charge is -2.09. The summed E-state index contributed by atoms with van der Waals surface area (Å²) in [5, 5.41) is 2.73. The number of carbonyl (C=O) groups is 2. The van der Waals surface area contributed by atoms with Crippen LogP contribution >= 0.6 is 11.6 Å². The van der Waals surface area contributed by atoms with Crippen LogP contribution in [0.4, 0.5) is 10.1 Å². The molecule has 1 N–H and O–H groups in total. The van der Waals surface area contributed by atoms with Gasteiger partial charge in [0.15, 0.2) is 6.61 Å². The molecule has 6 heteroatoms. The first-order valence-electron chi connectivity index (χ1n) is 6.01. The Hall–Kier alpha value is -2.40. The molecule has 1 amide bonds. The molecule has 0 aromatic heterocycles. The van der Waals surface area contributed by atoms with Gasteiger partial charge in [-0.25, -0.2) is 4.39 Å². The van der Waals surface area contributed by atoms with E-state index in [-0.39, 0.29) is 17.4 Å². The van der Waals surface area contributed by atoms with Gasteiger partial charge in [-0.1, -0.05) is 17.7 Å². The van der Waals surface area contributed by atoms with E-state index in [4.69, 9.17) is 16.3 Å². The smallest absolute Gasteiger partial charge is 0.262 e. The van der Waals surface area contributed by atoms with E-state index in [0.717, 1.165) is 0 Å². The van der Waals surface area contributed by atoms with Gasteiger partial charge in [-0.05, 0) is 36.4 Å². The summed E-state index contributed by atoms with van der Waals surface area (Å²) in [7, 11) is 0. The number of hydrogen-bond acceptors (Lipinski definition) is 3. The molecule has 108 valence electrons. The van der Waals surface area contributed by atoms with E-state index in [1.165, 1.54) is 36.4 Å². The summed E-state index contributed by atoms with van der Waals surface area (Å²) in [5.74, 6) is -0.603. The normalized spacial score (nSPS) is 10.0. The molecule has 0 fully saturated rings. The number of nitrogens with one attached hydrogen (secondary N) is 1. The molecule has 0 aliphatic heterocycles. The Labute approximate surface area is 125 Å². The Balaban J connectivity index is 1.93. The minimum Gasteiger partial charge on any atom is -0.482 e. The molecule has 0 spiro atoms. The number of hydrogen-bond donors (Lipinski definition) is 1. The SMILES string of the molecule is O=Cc1ccc(OCC(=O)Nc2cccc(F)c2)c(Cl)c1. The third-order valence-electron chi connectivity index (χ3n) is 2.56. The summed E-state index contributed by atoms with van der Waals surface area (Å²) < 4.78 is 18.2. The summed E-state index contributed by atoms with van der Waals surface area (Å²) >= 11 is 5.91. The molecule has 0 atom stereocenters. The standard InChI is InChI=1S/C15H11ClFNO3/c16-13-6-10(8-19)4-5-14(13)21-9-15(20)18-12-3-1-2-11(17)7-12/h1-8H,9H2,(H,18,20). The van der Waals surface area contributed by atoms with Gasteiger partial charge in [0.05, 0.1) is 5.02 Å². The van der Waals surface area contributed by atoms with E-state index in [1.807, 2.05) is 0 Å². The van der Waals surface area contributed by atoms with Crippen LogP contribution in [0.2, 0.25) is 5.02 Å². The zero-order valence-corrected chi connectivity index (χ0v) is 11.6. The average molecular weight is 308 g/mol. The highest BCUT2D eigenvalue weighted by Crippen LogP contribution is 2.24. The molecule has 2 aromatic rings. The highest BCUT2D eigenvalue weighted by atomic mass is 35.5. The molecule has 0 saturated carbocycles. The molecular formula is C15H11ClFNO3. The van der Waals surface area contributed by atoms with Crippen LogP contribution in [0, 0.1) is 5.82 Å². The van der Waals surface area contributed by atoms with Gasteiger partial charge in [0.25, 0.3) is 5.91 Å². The van der Waals surface area contributed by atoms with Gasteiger partial charge in [0.2, 0.25) is 0 Å². The van der Waals surface area contributed by atoms with Crippen LogP contribution in [0.1, 0.15) is 10.4 Å². The van der Waals surface area contributed by atoms with Crippen molar-refractivity contribution in [2.45, 2.75) is 0 Å². The summed E-state index contributed by atoms with van der Waals surface area (Å²) in [6.45, 7) is -0.281. The topological polar surface area (TPSA) is 55.4 Å². The molecule has 2 aromatic carbocycles. The fraction of sp³-hybridized carbons (Fsp3) is 0.0667. The first kappa shape index (κ1) is 15.0. The monoisotopic (exact) mass is 307 g/mol. The van der Waals surface area contributed by atoms with Crippen molar-refractivity contribution >= 4 is 29.5 Å². The van der Waals surface area contributed by atoms with Crippen LogP contribution in [-0.2, 0) is 4.79 Å². The van der Waals surface area contributed by atoms with Crippen LogP contribution < -0.4 is 10.1 Å². The molecule has 0 unspecified atom stereocenters. The van der Waals surface area contributed by atoms with Crippen LogP contribution in [0.5, 0.6) is 5.75 Å². The average Bonchev–Trinajstić information content (AvgIpc) is 2.46. The zero-order chi connectivity index (χ0) is 15.2. The number of rotatable bonds is 5. The number of anilines is 1. The number of benzene rings is 2. The molecule has 0 saturated heterocycles. The number of ether oxygens (including phenoxy) is 1. The number of carbonyl (C=O) groups excluding carboxylic acids is 2. The fourth-order valence-corrected chi connectivity index (χ4v) is 1.86. The molecule has 0 aliphatic carbocycles. The largest absolute Gasteiger partial charge is 0.482 e. The predicted molar refractivity (Wildman–Crippen MR) is 77.4 cm³/mol. The van der Waals surface area contributed by atoms with Crippen molar-refractivity contribution in [1.29, 1.82) is 0 Å². The lowest BCUT2D eigenvalue weighted by molar-refractivity contribution is -0.118. The Morgan fingerprint density at radius 2 is 2.10 bits per heavy atom. The minimum atomic E-state index is -0.448. The fourth-order valence-electron chi connectivity index (χ4n) is 1.61. The lowest BCUT2D eigenvalue weighted by atomic mass is 10.2. The maximum absolute atomic E-state index is 13.0. The van der Waals surface area contributed by atoms with E-state index in [1.54, 1.807) is 6.07 Å². The Bertz CT molecular complexity index is 676. The van der Waals surface area contributed by atoms with Crippen molar-refractivity contribution < 1.29 is 18.7 Å². The maximum atomic E-state index is 13.0. The van der Waals surface area contributed by atoms with Gasteiger partial charge < -0.3 is 10.1 Å². The van der Waals surface area contributed by atoms with Gasteiger partial charge in [-0.2, -0.15) is 0 Å². The summed E-state index contributed by atoms with van der Waals surface area (Å²) in [6, 6.07) is 9.99. The number of aldehydes is 1. The van der Waals surface area contributed by atoms with Crippen LogP contribution in [0.3, 0.4) is 0 Å². The van der Waals surface area contributed by atoms with Crippen molar-refractivity contribution in [3.63, 3.8) is 0 Å². The van der Waals surface area contributed by atoms with Gasteiger partial charge >= 0.3 is 0 Å². The molecule has 4 nitrogen and oxygen atoms in total. The Morgan fingerprint density at radius 3 is 2.76 bits per heavy atom. The molecule has 0 radical (unpaired) electrons. The van der Waals surface area contributed by atoms with Crippen molar-refractivity contribution in [2.24, 2.45) is 0 Å². The van der Waals surface area contributed by atoms with Gasteiger partial charge in [0, 0.05) is 11.3 Å². The van der Waals surface area contributed by atoms with Crippen LogP contribution in [0.15, 0.2) is 42.5 Å². The summed E-state index contributed by atoms with van der Waals surface area (Å²) in [6.07, 6.45) is 0.659. The molecule has 0 bridgehead atoms. The van der Waals surface area contributed by atoms with Crippen LogP contribution in [0.25, 0.3) is 0 Å². The third kappa shape index (κ3) is 4.29. The van der Waals surface area contributed by atoms with Crippen molar-refractivity contribution in [3.05, 3.63) is 58.9 Å². The summed E-state index contributed by atoms with van der Waals surface area (Å²) in [5.41, 5.74) is 0.752. The maximum Gasteiger partial charge on any atom is 0.262 e. The highest BCUT2D eigenvalue weighted by molar-refractivity contribution is 6.32. The molecule has 2 rings (SSSR count). The van der Waals surface area contributed by atoms with Crippen molar-refractivity contribution in [1.82, 2.24) is 0 Å². The highest BCUT2D eigenvalue weighted by Gasteiger charge is 2.07. The minimum absolute atomic E-state index is 0.234. The number of amides is 1. The van der Waals surface area contributed by atoms with E-state index in [0.29, 0.717) is 17.5 Å². The quantitative estimate of drug-likeness (QED) is 0.862. The Morgan fingerprint density at radius 1 is 1.29 bits per heavy atom. The second-order valence-corrected chi connectivity index (χ2v) is 4.56.